The molecule has 0 amide bonds. The van der Waals surface area contributed by atoms with Gasteiger partial charge in [0.15, 0.2) is 0 Å². The first-order valence-electron chi connectivity index (χ1n) is 9.17. The van der Waals surface area contributed by atoms with E-state index in [1.807, 2.05) is 30.5 Å². The normalized spacial score (nSPS) is 23.2. The van der Waals surface area contributed by atoms with Crippen LogP contribution in [0.2, 0.25) is 0 Å². The highest BCUT2D eigenvalue weighted by Gasteiger charge is 2.43. The van der Waals surface area contributed by atoms with Gasteiger partial charge in [0.2, 0.25) is 10.0 Å². The molecule has 2 atom stereocenters. The van der Waals surface area contributed by atoms with Crippen LogP contribution in [-0.2, 0) is 10.0 Å². The molecular formula is C20H21N3O3S. The van der Waals surface area contributed by atoms with Gasteiger partial charge in [-0.3, -0.25) is 0 Å². The molecule has 3 heterocycles. The molecule has 5 rings (SSSR count). The van der Waals surface area contributed by atoms with Crippen LogP contribution in [0.4, 0.5) is 5.69 Å². The maximum absolute atomic E-state index is 13.2. The minimum absolute atomic E-state index is 0.164. The Balaban J connectivity index is 1.43. The van der Waals surface area contributed by atoms with Crippen molar-refractivity contribution in [3.8, 4) is 5.75 Å². The summed E-state index contributed by atoms with van der Waals surface area (Å²) in [5, 5.41) is 10.5. The minimum Gasteiger partial charge on any atom is -0.508 e. The summed E-state index contributed by atoms with van der Waals surface area (Å²) >= 11 is 0. The molecule has 6 nitrogen and oxygen atoms in total. The third-order valence-corrected chi connectivity index (χ3v) is 7.59. The van der Waals surface area contributed by atoms with Crippen molar-refractivity contribution in [1.82, 2.24) is 9.29 Å². The lowest BCUT2D eigenvalue weighted by Crippen LogP contribution is -2.55. The number of nitrogens with zero attached hydrogens (tertiary/aromatic N) is 2. The number of hydrogen-bond donors (Lipinski definition) is 2. The van der Waals surface area contributed by atoms with E-state index >= 15 is 0 Å². The first-order chi connectivity index (χ1) is 13.0. The summed E-state index contributed by atoms with van der Waals surface area (Å²) in [7, 11) is -3.52. The molecule has 2 saturated heterocycles. The highest BCUT2D eigenvalue weighted by Crippen LogP contribution is 2.37. The van der Waals surface area contributed by atoms with Crippen molar-refractivity contribution >= 4 is 26.6 Å². The van der Waals surface area contributed by atoms with Crippen molar-refractivity contribution in [2.45, 2.75) is 29.8 Å². The highest BCUT2D eigenvalue weighted by atomic mass is 32.2. The lowest BCUT2D eigenvalue weighted by molar-refractivity contribution is 0.331. The van der Waals surface area contributed by atoms with Gasteiger partial charge in [-0.05, 0) is 60.7 Å². The van der Waals surface area contributed by atoms with Crippen molar-refractivity contribution in [2.75, 3.05) is 18.0 Å². The molecule has 2 aliphatic rings. The summed E-state index contributed by atoms with van der Waals surface area (Å²) in [6.07, 6.45) is 3.78. The molecule has 1 aromatic heterocycles. The molecule has 3 aromatic rings. The number of benzene rings is 2. The van der Waals surface area contributed by atoms with Gasteiger partial charge < -0.3 is 15.0 Å². The Hall–Kier alpha value is -2.51. The van der Waals surface area contributed by atoms with Crippen LogP contribution in [0, 0.1) is 0 Å². The molecule has 0 saturated carbocycles. The molecule has 2 N–H and O–H groups in total. The Morgan fingerprint density at radius 1 is 0.963 bits per heavy atom. The lowest BCUT2D eigenvalue weighted by atomic mass is 10.1. The predicted molar refractivity (Wildman–Crippen MR) is 104 cm³/mol. The first-order valence-corrected chi connectivity index (χ1v) is 10.6. The van der Waals surface area contributed by atoms with Crippen LogP contribution in [0.15, 0.2) is 59.6 Å². The second-order valence-corrected chi connectivity index (χ2v) is 9.30. The van der Waals surface area contributed by atoms with Crippen molar-refractivity contribution in [3.05, 3.63) is 54.7 Å². The van der Waals surface area contributed by atoms with E-state index in [0.29, 0.717) is 18.0 Å². The van der Waals surface area contributed by atoms with E-state index < -0.39 is 10.0 Å². The Kier molecular flexibility index (Phi) is 3.70. The van der Waals surface area contributed by atoms with Crippen LogP contribution >= 0.6 is 0 Å². The Labute approximate surface area is 158 Å². The van der Waals surface area contributed by atoms with Gasteiger partial charge >= 0.3 is 0 Å². The number of phenolic OH excluding ortho intramolecular Hbond substituents is 1. The van der Waals surface area contributed by atoms with E-state index in [4.69, 9.17) is 0 Å². The monoisotopic (exact) mass is 383 g/mol. The average Bonchev–Trinajstić information content (AvgIpc) is 3.23. The van der Waals surface area contributed by atoms with Gasteiger partial charge in [-0.2, -0.15) is 4.31 Å². The fourth-order valence-electron chi connectivity index (χ4n) is 4.44. The second kappa shape index (κ2) is 6.00. The largest absolute Gasteiger partial charge is 0.508 e. The molecule has 2 aliphatic heterocycles. The third kappa shape index (κ3) is 2.69. The van der Waals surface area contributed by atoms with Crippen LogP contribution in [0.25, 0.3) is 10.9 Å². The number of phenols is 1. The Bertz CT molecular complexity index is 1080. The molecule has 2 unspecified atom stereocenters. The SMILES string of the molecule is O=S(=O)(c1ccc2cc[nH]c2c1)N1CC2CCC(C1)N2c1ccc(O)cc1. The fourth-order valence-corrected chi connectivity index (χ4v) is 5.98. The zero-order chi connectivity index (χ0) is 18.6. The predicted octanol–water partition coefficient (Wildman–Crippen LogP) is 2.92. The Morgan fingerprint density at radius 2 is 1.67 bits per heavy atom. The number of aromatic hydroxyl groups is 1. The highest BCUT2D eigenvalue weighted by molar-refractivity contribution is 7.89. The van der Waals surface area contributed by atoms with Crippen molar-refractivity contribution in [2.24, 2.45) is 0 Å². The summed E-state index contributed by atoms with van der Waals surface area (Å²) in [6, 6.07) is 14.7. The van der Waals surface area contributed by atoms with Gasteiger partial charge in [0.05, 0.1) is 4.90 Å². The van der Waals surface area contributed by atoms with E-state index in [1.54, 1.807) is 28.6 Å². The van der Waals surface area contributed by atoms with Crippen LogP contribution < -0.4 is 4.90 Å². The van der Waals surface area contributed by atoms with Gasteiger partial charge in [0, 0.05) is 42.6 Å². The summed E-state index contributed by atoms with van der Waals surface area (Å²) in [4.78, 5) is 5.75. The number of piperazine rings is 1. The zero-order valence-corrected chi connectivity index (χ0v) is 15.6. The maximum atomic E-state index is 13.2. The molecule has 0 spiro atoms. The standard InChI is InChI=1S/C20H21N3O3S/c24-18-6-4-15(5-7-18)23-16-2-3-17(23)13-22(12-16)27(25,26)19-8-1-14-9-10-21-20(14)11-19/h1,4-11,16-17,21,24H,2-3,12-13H2. The number of nitrogens with one attached hydrogen (secondary N) is 1. The minimum atomic E-state index is -3.52. The number of aromatic nitrogens is 1. The molecule has 0 radical (unpaired) electrons. The number of aromatic amines is 1. The average molecular weight is 383 g/mol. The molecule has 140 valence electrons. The maximum Gasteiger partial charge on any atom is 0.243 e. The topological polar surface area (TPSA) is 76.6 Å². The number of fused-ring (bicyclic) bond motifs is 3. The zero-order valence-electron chi connectivity index (χ0n) is 14.7. The van der Waals surface area contributed by atoms with E-state index in [9.17, 15) is 13.5 Å². The molecular weight excluding hydrogens is 362 g/mol. The van der Waals surface area contributed by atoms with Gasteiger partial charge in [0.25, 0.3) is 0 Å². The van der Waals surface area contributed by atoms with E-state index in [0.717, 1.165) is 29.4 Å². The number of anilines is 1. The van der Waals surface area contributed by atoms with Crippen molar-refractivity contribution in [1.29, 1.82) is 0 Å². The quantitative estimate of drug-likeness (QED) is 0.729. The van der Waals surface area contributed by atoms with E-state index in [1.165, 1.54) is 0 Å². The molecule has 2 fully saturated rings. The number of rotatable bonds is 3. The number of hydrogen-bond acceptors (Lipinski definition) is 4. The third-order valence-electron chi connectivity index (χ3n) is 5.76. The summed E-state index contributed by atoms with van der Waals surface area (Å²) in [5.74, 6) is 0.243. The van der Waals surface area contributed by atoms with Crippen molar-refractivity contribution < 1.29 is 13.5 Å². The fraction of sp³-hybridized carbons (Fsp3) is 0.300. The molecule has 0 aliphatic carbocycles. The van der Waals surface area contributed by atoms with Crippen molar-refractivity contribution in [3.63, 3.8) is 0 Å². The van der Waals surface area contributed by atoms with Crippen LogP contribution in [0.3, 0.4) is 0 Å². The molecule has 2 aromatic carbocycles. The summed E-state index contributed by atoms with van der Waals surface area (Å²) < 4.78 is 28.1. The van der Waals surface area contributed by atoms with Crippen LogP contribution in [0.1, 0.15) is 12.8 Å². The van der Waals surface area contributed by atoms with Gasteiger partial charge in [-0.1, -0.05) is 6.07 Å². The smallest absolute Gasteiger partial charge is 0.243 e. The van der Waals surface area contributed by atoms with E-state index in [-0.39, 0.29) is 17.8 Å². The molecule has 2 bridgehead atoms. The Morgan fingerprint density at radius 3 is 2.37 bits per heavy atom. The van der Waals surface area contributed by atoms with Crippen LogP contribution in [0.5, 0.6) is 5.75 Å². The number of H-pyrrole nitrogens is 1. The molecule has 7 heteroatoms. The second-order valence-electron chi connectivity index (χ2n) is 7.36. The first kappa shape index (κ1) is 16.6. The number of sulfonamides is 1. The van der Waals surface area contributed by atoms with E-state index in [2.05, 4.69) is 9.88 Å². The lowest BCUT2D eigenvalue weighted by Gasteiger charge is -2.41. The van der Waals surface area contributed by atoms with Gasteiger partial charge in [-0.25, -0.2) is 8.42 Å². The molecule has 27 heavy (non-hydrogen) atoms. The summed E-state index contributed by atoms with van der Waals surface area (Å²) in [5.41, 5.74) is 1.88. The van der Waals surface area contributed by atoms with Crippen LogP contribution in [-0.4, -0.2) is 48.0 Å². The van der Waals surface area contributed by atoms with Gasteiger partial charge in [0.1, 0.15) is 5.75 Å². The summed E-state index contributed by atoms with van der Waals surface area (Å²) in [6.45, 7) is 0.977. The van der Waals surface area contributed by atoms with Gasteiger partial charge in [-0.15, -0.1) is 0 Å².